The summed E-state index contributed by atoms with van der Waals surface area (Å²) in [4.78, 5) is 17.7. The minimum absolute atomic E-state index is 0.0696. The SMILES string of the molecule is C#CCN(CCC)C(=O)c1ccc(Br)nc1. The van der Waals surface area contributed by atoms with Crippen LogP contribution in [0.25, 0.3) is 0 Å². The molecule has 4 heteroatoms. The van der Waals surface area contributed by atoms with Crippen molar-refractivity contribution in [3.05, 3.63) is 28.5 Å². The first-order valence-corrected chi connectivity index (χ1v) is 5.82. The van der Waals surface area contributed by atoms with Crippen molar-refractivity contribution in [2.75, 3.05) is 13.1 Å². The lowest BCUT2D eigenvalue weighted by atomic mass is 10.2. The third kappa shape index (κ3) is 3.35. The Kier molecular flexibility index (Phi) is 5.00. The fraction of sp³-hybridized carbons (Fsp3) is 0.333. The zero-order valence-corrected chi connectivity index (χ0v) is 10.7. The van der Waals surface area contributed by atoms with E-state index >= 15 is 0 Å². The Morgan fingerprint density at radius 3 is 2.88 bits per heavy atom. The van der Waals surface area contributed by atoms with Gasteiger partial charge in [0.1, 0.15) is 4.60 Å². The van der Waals surface area contributed by atoms with E-state index < -0.39 is 0 Å². The van der Waals surface area contributed by atoms with Crippen LogP contribution in [0.4, 0.5) is 0 Å². The zero-order chi connectivity index (χ0) is 12.0. The van der Waals surface area contributed by atoms with Crippen molar-refractivity contribution >= 4 is 21.8 Å². The van der Waals surface area contributed by atoms with Crippen molar-refractivity contribution < 1.29 is 4.79 Å². The van der Waals surface area contributed by atoms with Crippen LogP contribution in [0.2, 0.25) is 0 Å². The van der Waals surface area contributed by atoms with Gasteiger partial charge in [-0.1, -0.05) is 12.8 Å². The van der Waals surface area contributed by atoms with Crippen LogP contribution < -0.4 is 0 Å². The summed E-state index contributed by atoms with van der Waals surface area (Å²) >= 11 is 3.22. The molecule has 3 nitrogen and oxygen atoms in total. The van der Waals surface area contributed by atoms with E-state index in [2.05, 4.69) is 26.8 Å². The Balaban J connectivity index is 2.82. The van der Waals surface area contributed by atoms with E-state index in [1.54, 1.807) is 23.2 Å². The number of terminal acetylenes is 1. The average molecular weight is 281 g/mol. The number of carbonyl (C=O) groups excluding carboxylic acids is 1. The molecule has 0 N–H and O–H groups in total. The molecule has 16 heavy (non-hydrogen) atoms. The van der Waals surface area contributed by atoms with Crippen LogP contribution in [-0.4, -0.2) is 28.9 Å². The van der Waals surface area contributed by atoms with Gasteiger partial charge in [-0.15, -0.1) is 6.42 Å². The van der Waals surface area contributed by atoms with Gasteiger partial charge in [-0.05, 0) is 34.5 Å². The molecule has 0 spiro atoms. The maximum absolute atomic E-state index is 12.0. The molecule has 0 aliphatic rings. The summed E-state index contributed by atoms with van der Waals surface area (Å²) in [5, 5.41) is 0. The molecule has 0 atom stereocenters. The standard InChI is InChI=1S/C12H13BrN2O/c1-3-7-15(8-4-2)12(16)10-5-6-11(13)14-9-10/h1,5-6,9H,4,7-8H2,2H3. The molecule has 84 valence electrons. The second-order valence-corrected chi connectivity index (χ2v) is 4.11. The van der Waals surface area contributed by atoms with Gasteiger partial charge in [-0.25, -0.2) is 4.98 Å². The highest BCUT2D eigenvalue weighted by molar-refractivity contribution is 9.10. The predicted molar refractivity (Wildman–Crippen MR) is 67.0 cm³/mol. The largest absolute Gasteiger partial charge is 0.327 e. The van der Waals surface area contributed by atoms with Crippen LogP contribution >= 0.6 is 15.9 Å². The topological polar surface area (TPSA) is 33.2 Å². The maximum Gasteiger partial charge on any atom is 0.256 e. The average Bonchev–Trinajstić information content (AvgIpc) is 2.29. The van der Waals surface area contributed by atoms with Crippen molar-refractivity contribution in [1.29, 1.82) is 0 Å². The van der Waals surface area contributed by atoms with E-state index in [-0.39, 0.29) is 5.91 Å². The molecule has 1 amide bonds. The first-order chi connectivity index (χ1) is 7.69. The van der Waals surface area contributed by atoms with Crippen LogP contribution in [0.1, 0.15) is 23.7 Å². The second kappa shape index (κ2) is 6.29. The number of carbonyl (C=O) groups is 1. The van der Waals surface area contributed by atoms with Crippen LogP contribution in [0, 0.1) is 12.3 Å². The molecule has 1 rings (SSSR count). The summed E-state index contributed by atoms with van der Waals surface area (Å²) in [6, 6.07) is 3.48. The van der Waals surface area contributed by atoms with Crippen molar-refractivity contribution in [3.63, 3.8) is 0 Å². The van der Waals surface area contributed by atoms with Gasteiger partial charge in [0.2, 0.25) is 0 Å². The third-order valence-electron chi connectivity index (χ3n) is 2.04. The normalized spacial score (nSPS) is 9.56. The summed E-state index contributed by atoms with van der Waals surface area (Å²) in [5.74, 6) is 2.42. The molecule has 0 aliphatic carbocycles. The number of hydrogen-bond donors (Lipinski definition) is 0. The van der Waals surface area contributed by atoms with Gasteiger partial charge >= 0.3 is 0 Å². The van der Waals surface area contributed by atoms with Gasteiger partial charge in [-0.2, -0.15) is 0 Å². The summed E-state index contributed by atoms with van der Waals surface area (Å²) in [6.07, 6.45) is 7.67. The molecule has 0 radical (unpaired) electrons. The fourth-order valence-electron chi connectivity index (χ4n) is 1.32. The smallest absolute Gasteiger partial charge is 0.256 e. The predicted octanol–water partition coefficient (Wildman–Crippen LogP) is 2.33. The van der Waals surface area contributed by atoms with Crippen LogP contribution in [-0.2, 0) is 0 Å². The quantitative estimate of drug-likeness (QED) is 0.627. The van der Waals surface area contributed by atoms with Gasteiger partial charge < -0.3 is 4.90 Å². The van der Waals surface area contributed by atoms with Crippen LogP contribution in [0.3, 0.4) is 0 Å². The minimum Gasteiger partial charge on any atom is -0.327 e. The van der Waals surface area contributed by atoms with E-state index in [0.717, 1.165) is 6.42 Å². The second-order valence-electron chi connectivity index (χ2n) is 3.30. The van der Waals surface area contributed by atoms with Crippen molar-refractivity contribution in [3.8, 4) is 12.3 Å². The highest BCUT2D eigenvalue weighted by Gasteiger charge is 2.13. The van der Waals surface area contributed by atoms with E-state index in [0.29, 0.717) is 23.3 Å². The molecule has 0 saturated heterocycles. The Labute approximate surface area is 104 Å². The summed E-state index contributed by atoms with van der Waals surface area (Å²) in [7, 11) is 0. The van der Waals surface area contributed by atoms with E-state index in [4.69, 9.17) is 6.42 Å². The molecule has 1 heterocycles. The van der Waals surface area contributed by atoms with Crippen LogP contribution in [0.5, 0.6) is 0 Å². The zero-order valence-electron chi connectivity index (χ0n) is 9.11. The number of pyridine rings is 1. The molecule has 0 bridgehead atoms. The summed E-state index contributed by atoms with van der Waals surface area (Å²) < 4.78 is 0.711. The molecule has 0 aliphatic heterocycles. The van der Waals surface area contributed by atoms with E-state index in [1.807, 2.05) is 6.92 Å². The number of aromatic nitrogens is 1. The third-order valence-corrected chi connectivity index (χ3v) is 2.51. The Morgan fingerprint density at radius 1 is 1.62 bits per heavy atom. The Morgan fingerprint density at radius 2 is 2.38 bits per heavy atom. The molecule has 0 aromatic carbocycles. The highest BCUT2D eigenvalue weighted by Crippen LogP contribution is 2.09. The lowest BCUT2D eigenvalue weighted by molar-refractivity contribution is 0.0776. The number of rotatable bonds is 4. The van der Waals surface area contributed by atoms with Gasteiger partial charge in [0, 0.05) is 12.7 Å². The minimum atomic E-state index is -0.0696. The maximum atomic E-state index is 12.0. The molecular weight excluding hydrogens is 268 g/mol. The Hall–Kier alpha value is -1.34. The highest BCUT2D eigenvalue weighted by atomic mass is 79.9. The lowest BCUT2D eigenvalue weighted by Crippen LogP contribution is -2.32. The molecule has 1 aromatic rings. The molecule has 1 aromatic heterocycles. The van der Waals surface area contributed by atoms with Crippen molar-refractivity contribution in [2.45, 2.75) is 13.3 Å². The number of hydrogen-bond acceptors (Lipinski definition) is 2. The van der Waals surface area contributed by atoms with Crippen LogP contribution in [0.15, 0.2) is 22.9 Å². The molecule has 0 unspecified atom stereocenters. The molecular formula is C12H13BrN2O. The lowest BCUT2D eigenvalue weighted by Gasteiger charge is -2.19. The fourth-order valence-corrected chi connectivity index (χ4v) is 1.55. The Bertz CT molecular complexity index is 394. The van der Waals surface area contributed by atoms with Gasteiger partial charge in [0.05, 0.1) is 12.1 Å². The van der Waals surface area contributed by atoms with Crippen molar-refractivity contribution in [2.24, 2.45) is 0 Å². The molecule has 0 saturated carbocycles. The number of nitrogens with zero attached hydrogens (tertiary/aromatic N) is 2. The van der Waals surface area contributed by atoms with Gasteiger partial charge in [-0.3, -0.25) is 4.79 Å². The van der Waals surface area contributed by atoms with E-state index in [9.17, 15) is 4.79 Å². The van der Waals surface area contributed by atoms with Gasteiger partial charge in [0.25, 0.3) is 5.91 Å². The van der Waals surface area contributed by atoms with Crippen molar-refractivity contribution in [1.82, 2.24) is 9.88 Å². The molecule has 0 fully saturated rings. The summed E-state index contributed by atoms with van der Waals surface area (Å²) in [5.41, 5.74) is 0.562. The number of halogens is 1. The summed E-state index contributed by atoms with van der Waals surface area (Å²) in [6.45, 7) is 3.01. The first-order valence-electron chi connectivity index (χ1n) is 5.03. The monoisotopic (exact) mass is 280 g/mol. The van der Waals surface area contributed by atoms with Gasteiger partial charge in [0.15, 0.2) is 0 Å². The number of amides is 1. The first kappa shape index (κ1) is 12.7. The van der Waals surface area contributed by atoms with E-state index in [1.165, 1.54) is 0 Å².